The van der Waals surface area contributed by atoms with Crippen LogP contribution in [0.4, 0.5) is 0 Å². The minimum Gasteiger partial charge on any atom is -0.496 e. The first-order valence-electron chi connectivity index (χ1n) is 7.59. The molecule has 2 rings (SSSR count). The summed E-state index contributed by atoms with van der Waals surface area (Å²) in [5.74, 6) is 0.905. The van der Waals surface area contributed by atoms with E-state index in [0.29, 0.717) is 0 Å². The topological polar surface area (TPSA) is 9.23 Å². The van der Waals surface area contributed by atoms with Crippen LogP contribution in [0.2, 0.25) is 0 Å². The van der Waals surface area contributed by atoms with Crippen molar-refractivity contribution in [2.75, 3.05) is 7.11 Å². The third kappa shape index (κ3) is 4.50. The zero-order valence-electron chi connectivity index (χ0n) is 12.8. The molecular formula is C19H23ClO. The van der Waals surface area contributed by atoms with E-state index in [1.165, 1.54) is 24.0 Å². The summed E-state index contributed by atoms with van der Waals surface area (Å²) in [7, 11) is 1.70. The van der Waals surface area contributed by atoms with Crippen LogP contribution in [0.1, 0.15) is 41.8 Å². The van der Waals surface area contributed by atoms with E-state index in [2.05, 4.69) is 37.3 Å². The van der Waals surface area contributed by atoms with E-state index in [4.69, 9.17) is 16.3 Å². The molecule has 2 aromatic carbocycles. The van der Waals surface area contributed by atoms with Crippen LogP contribution in [-0.4, -0.2) is 7.11 Å². The SMILES string of the molecule is CCCCc1ccc(C(Cl)Cc2ccccc2OC)cc1. The van der Waals surface area contributed by atoms with E-state index < -0.39 is 0 Å². The van der Waals surface area contributed by atoms with Gasteiger partial charge in [0.1, 0.15) is 5.75 Å². The number of alkyl halides is 1. The summed E-state index contributed by atoms with van der Waals surface area (Å²) in [4.78, 5) is 0. The molecule has 0 aromatic heterocycles. The minimum atomic E-state index is -0.0264. The van der Waals surface area contributed by atoms with Crippen molar-refractivity contribution in [2.24, 2.45) is 0 Å². The fraction of sp³-hybridized carbons (Fsp3) is 0.368. The van der Waals surface area contributed by atoms with Crippen molar-refractivity contribution >= 4 is 11.6 Å². The largest absolute Gasteiger partial charge is 0.496 e. The summed E-state index contributed by atoms with van der Waals surface area (Å²) in [5.41, 5.74) is 3.71. The number of benzene rings is 2. The Kier molecular flexibility index (Phi) is 6.13. The second-order valence-corrected chi connectivity index (χ2v) is 5.86. The lowest BCUT2D eigenvalue weighted by atomic mass is 10.0. The molecule has 2 heteroatoms. The van der Waals surface area contributed by atoms with Gasteiger partial charge in [-0.15, -0.1) is 11.6 Å². The molecule has 1 unspecified atom stereocenters. The van der Waals surface area contributed by atoms with Crippen molar-refractivity contribution < 1.29 is 4.74 Å². The van der Waals surface area contributed by atoms with Gasteiger partial charge in [0.15, 0.2) is 0 Å². The molecule has 0 amide bonds. The summed E-state index contributed by atoms with van der Waals surface area (Å²) < 4.78 is 5.39. The first kappa shape index (κ1) is 15.9. The Hall–Kier alpha value is -1.47. The van der Waals surface area contributed by atoms with Crippen LogP contribution in [-0.2, 0) is 12.8 Å². The zero-order valence-corrected chi connectivity index (χ0v) is 13.6. The number of rotatable bonds is 7. The molecule has 0 radical (unpaired) electrons. The molecule has 0 aliphatic heterocycles. The molecule has 0 aliphatic carbocycles. The maximum Gasteiger partial charge on any atom is 0.122 e. The number of hydrogen-bond donors (Lipinski definition) is 0. The zero-order chi connectivity index (χ0) is 15.1. The van der Waals surface area contributed by atoms with Crippen molar-refractivity contribution in [1.29, 1.82) is 0 Å². The Bertz CT molecular complexity index is 548. The Balaban J connectivity index is 2.04. The fourth-order valence-electron chi connectivity index (χ4n) is 2.46. The molecular weight excluding hydrogens is 280 g/mol. The van der Waals surface area contributed by atoms with Gasteiger partial charge in [-0.05, 0) is 42.0 Å². The van der Waals surface area contributed by atoms with Gasteiger partial charge in [0.05, 0.1) is 12.5 Å². The summed E-state index contributed by atoms with van der Waals surface area (Å²) in [5, 5.41) is -0.0264. The van der Waals surface area contributed by atoms with E-state index in [0.717, 1.165) is 24.2 Å². The maximum atomic E-state index is 6.57. The fourth-order valence-corrected chi connectivity index (χ4v) is 2.77. The standard InChI is InChI=1S/C19H23ClO/c1-3-4-7-15-10-12-16(13-11-15)18(20)14-17-8-5-6-9-19(17)21-2/h5-6,8-13,18H,3-4,7,14H2,1-2H3. The predicted molar refractivity (Wildman–Crippen MR) is 90.3 cm³/mol. The van der Waals surface area contributed by atoms with Gasteiger partial charge < -0.3 is 4.74 Å². The second kappa shape index (κ2) is 8.09. The van der Waals surface area contributed by atoms with Crippen molar-refractivity contribution in [1.82, 2.24) is 0 Å². The molecule has 0 heterocycles. The molecule has 21 heavy (non-hydrogen) atoms. The molecule has 0 aliphatic rings. The maximum absolute atomic E-state index is 6.57. The second-order valence-electron chi connectivity index (χ2n) is 5.33. The molecule has 0 saturated carbocycles. The van der Waals surface area contributed by atoms with Crippen LogP contribution < -0.4 is 4.74 Å². The van der Waals surface area contributed by atoms with Crippen LogP contribution in [0.15, 0.2) is 48.5 Å². The van der Waals surface area contributed by atoms with Gasteiger partial charge in [0.2, 0.25) is 0 Å². The van der Waals surface area contributed by atoms with Gasteiger partial charge in [-0.25, -0.2) is 0 Å². The number of para-hydroxylation sites is 1. The van der Waals surface area contributed by atoms with Crippen molar-refractivity contribution in [3.8, 4) is 5.75 Å². The van der Waals surface area contributed by atoms with E-state index in [-0.39, 0.29) is 5.38 Å². The van der Waals surface area contributed by atoms with Gasteiger partial charge in [-0.1, -0.05) is 55.8 Å². The van der Waals surface area contributed by atoms with E-state index >= 15 is 0 Å². The van der Waals surface area contributed by atoms with Crippen LogP contribution >= 0.6 is 11.6 Å². The number of aryl methyl sites for hydroxylation is 1. The van der Waals surface area contributed by atoms with E-state index in [9.17, 15) is 0 Å². The lowest BCUT2D eigenvalue weighted by Crippen LogP contribution is -1.99. The molecule has 0 spiro atoms. The molecule has 0 fully saturated rings. The smallest absolute Gasteiger partial charge is 0.122 e. The number of methoxy groups -OCH3 is 1. The molecule has 0 saturated heterocycles. The molecule has 0 bridgehead atoms. The normalized spacial score (nSPS) is 12.1. The van der Waals surface area contributed by atoms with Gasteiger partial charge in [-0.2, -0.15) is 0 Å². The quantitative estimate of drug-likeness (QED) is 0.608. The molecule has 112 valence electrons. The van der Waals surface area contributed by atoms with Crippen LogP contribution in [0, 0.1) is 0 Å². The Morgan fingerprint density at radius 1 is 1.05 bits per heavy atom. The summed E-state index contributed by atoms with van der Waals surface area (Å²) >= 11 is 6.57. The van der Waals surface area contributed by atoms with Gasteiger partial charge in [-0.3, -0.25) is 0 Å². The lowest BCUT2D eigenvalue weighted by molar-refractivity contribution is 0.409. The molecule has 1 nitrogen and oxygen atoms in total. The minimum absolute atomic E-state index is 0.0264. The molecule has 2 aromatic rings. The van der Waals surface area contributed by atoms with Gasteiger partial charge in [0, 0.05) is 0 Å². The van der Waals surface area contributed by atoms with Gasteiger partial charge >= 0.3 is 0 Å². The first-order chi connectivity index (χ1) is 10.2. The van der Waals surface area contributed by atoms with Crippen molar-refractivity contribution in [2.45, 2.75) is 38.0 Å². The molecule has 1 atom stereocenters. The van der Waals surface area contributed by atoms with Crippen LogP contribution in [0.25, 0.3) is 0 Å². The lowest BCUT2D eigenvalue weighted by Gasteiger charge is -2.13. The predicted octanol–water partition coefficient (Wildman–Crippen LogP) is 5.56. The molecule has 0 N–H and O–H groups in total. The highest BCUT2D eigenvalue weighted by atomic mass is 35.5. The summed E-state index contributed by atoms with van der Waals surface area (Å²) in [6, 6.07) is 16.8. The average molecular weight is 303 g/mol. The highest BCUT2D eigenvalue weighted by Gasteiger charge is 2.12. The Labute approximate surface area is 132 Å². The number of hydrogen-bond acceptors (Lipinski definition) is 1. The number of unbranched alkanes of at least 4 members (excludes halogenated alkanes) is 1. The summed E-state index contributed by atoms with van der Waals surface area (Å²) in [6.07, 6.45) is 4.40. The average Bonchev–Trinajstić information content (AvgIpc) is 2.54. The highest BCUT2D eigenvalue weighted by Crippen LogP contribution is 2.29. The monoisotopic (exact) mass is 302 g/mol. The first-order valence-corrected chi connectivity index (χ1v) is 8.03. The van der Waals surface area contributed by atoms with Crippen molar-refractivity contribution in [3.63, 3.8) is 0 Å². The van der Waals surface area contributed by atoms with Crippen LogP contribution in [0.3, 0.4) is 0 Å². The Morgan fingerprint density at radius 2 is 1.76 bits per heavy atom. The number of ether oxygens (including phenoxy) is 1. The third-order valence-corrected chi connectivity index (χ3v) is 4.16. The number of halogens is 1. The summed E-state index contributed by atoms with van der Waals surface area (Å²) in [6.45, 7) is 2.22. The highest BCUT2D eigenvalue weighted by molar-refractivity contribution is 6.20. The third-order valence-electron chi connectivity index (χ3n) is 3.75. The van der Waals surface area contributed by atoms with Crippen molar-refractivity contribution in [3.05, 3.63) is 65.2 Å². The Morgan fingerprint density at radius 3 is 2.43 bits per heavy atom. The van der Waals surface area contributed by atoms with Crippen LogP contribution in [0.5, 0.6) is 5.75 Å². The van der Waals surface area contributed by atoms with Gasteiger partial charge in [0.25, 0.3) is 0 Å². The van der Waals surface area contributed by atoms with E-state index in [1.807, 2.05) is 18.2 Å². The van der Waals surface area contributed by atoms with E-state index in [1.54, 1.807) is 7.11 Å².